The summed E-state index contributed by atoms with van der Waals surface area (Å²) in [5, 5.41) is 4.80. The second-order valence-corrected chi connectivity index (χ2v) is 6.29. The molecule has 3 heterocycles. The number of aromatic amines is 1. The molecule has 0 bridgehead atoms. The standard InChI is InChI=1S/C16H19ClN2O/c17-16-14(9-20-16)11-1-2-15-12(7-11)13(8-19-15)10-3-5-18-6-4-10/h1-2,7-8,10,14,16,18-19H,3-6,9H2/t14?,16-/m1/s1. The average Bonchev–Trinajstić information content (AvgIpc) is 2.90. The molecule has 2 N–H and O–H groups in total. The Morgan fingerprint density at radius 1 is 1.20 bits per heavy atom. The Morgan fingerprint density at radius 2 is 2.05 bits per heavy atom. The van der Waals surface area contributed by atoms with E-state index in [4.69, 9.17) is 16.3 Å². The van der Waals surface area contributed by atoms with Crippen molar-refractivity contribution in [1.82, 2.24) is 10.3 Å². The monoisotopic (exact) mass is 290 g/mol. The Balaban J connectivity index is 1.72. The summed E-state index contributed by atoms with van der Waals surface area (Å²) in [7, 11) is 0. The van der Waals surface area contributed by atoms with Gasteiger partial charge in [-0.25, -0.2) is 0 Å². The van der Waals surface area contributed by atoms with Crippen LogP contribution in [-0.4, -0.2) is 30.2 Å². The van der Waals surface area contributed by atoms with Gasteiger partial charge >= 0.3 is 0 Å². The molecule has 1 aromatic carbocycles. The summed E-state index contributed by atoms with van der Waals surface area (Å²) in [6.45, 7) is 2.99. The fraction of sp³-hybridized carbons (Fsp3) is 0.500. The molecule has 2 aliphatic heterocycles. The lowest BCUT2D eigenvalue weighted by Crippen LogP contribution is -2.32. The molecule has 2 atom stereocenters. The van der Waals surface area contributed by atoms with E-state index in [1.807, 2.05) is 0 Å². The van der Waals surface area contributed by atoms with E-state index in [1.54, 1.807) is 0 Å². The van der Waals surface area contributed by atoms with Crippen LogP contribution in [-0.2, 0) is 4.74 Å². The van der Waals surface area contributed by atoms with Crippen LogP contribution < -0.4 is 5.32 Å². The van der Waals surface area contributed by atoms with Crippen molar-refractivity contribution in [3.05, 3.63) is 35.5 Å². The van der Waals surface area contributed by atoms with E-state index in [0.717, 1.165) is 19.7 Å². The van der Waals surface area contributed by atoms with E-state index in [0.29, 0.717) is 11.8 Å². The van der Waals surface area contributed by atoms with Crippen LogP contribution in [0.15, 0.2) is 24.4 Å². The SMILES string of the molecule is Cl[C@@H]1OCC1c1ccc2[nH]cc(C3CCNCC3)c2c1. The third kappa shape index (κ3) is 2.05. The topological polar surface area (TPSA) is 37.0 Å². The van der Waals surface area contributed by atoms with Crippen molar-refractivity contribution in [3.63, 3.8) is 0 Å². The van der Waals surface area contributed by atoms with E-state index in [-0.39, 0.29) is 5.56 Å². The van der Waals surface area contributed by atoms with Crippen LogP contribution in [0.2, 0.25) is 0 Å². The van der Waals surface area contributed by atoms with Gasteiger partial charge in [-0.1, -0.05) is 17.7 Å². The van der Waals surface area contributed by atoms with E-state index >= 15 is 0 Å². The Morgan fingerprint density at radius 3 is 2.75 bits per heavy atom. The van der Waals surface area contributed by atoms with E-state index in [1.165, 1.54) is 34.9 Å². The second kappa shape index (κ2) is 5.06. The van der Waals surface area contributed by atoms with Gasteiger partial charge in [0, 0.05) is 23.0 Å². The molecule has 2 saturated heterocycles. The molecule has 4 heteroatoms. The molecule has 20 heavy (non-hydrogen) atoms. The van der Waals surface area contributed by atoms with Crippen LogP contribution in [0, 0.1) is 0 Å². The Bertz CT molecular complexity index is 618. The number of alkyl halides is 1. The number of benzene rings is 1. The number of H-pyrrole nitrogens is 1. The quantitative estimate of drug-likeness (QED) is 0.833. The van der Waals surface area contributed by atoms with E-state index in [9.17, 15) is 0 Å². The Kier molecular flexibility index (Phi) is 3.21. The van der Waals surface area contributed by atoms with Crippen LogP contribution in [0.25, 0.3) is 10.9 Å². The molecule has 2 aliphatic rings. The van der Waals surface area contributed by atoms with Gasteiger partial charge in [-0.15, -0.1) is 0 Å². The zero-order valence-electron chi connectivity index (χ0n) is 11.4. The van der Waals surface area contributed by atoms with Crippen LogP contribution >= 0.6 is 11.6 Å². The van der Waals surface area contributed by atoms with Gasteiger partial charge in [0.2, 0.25) is 0 Å². The number of ether oxygens (including phenoxy) is 1. The minimum Gasteiger partial charge on any atom is -0.361 e. The van der Waals surface area contributed by atoms with Crippen LogP contribution in [0.3, 0.4) is 0 Å². The van der Waals surface area contributed by atoms with Crippen molar-refractivity contribution < 1.29 is 4.74 Å². The number of piperidine rings is 1. The van der Waals surface area contributed by atoms with Crippen molar-refractivity contribution >= 4 is 22.5 Å². The number of hydrogen-bond acceptors (Lipinski definition) is 2. The number of fused-ring (bicyclic) bond motifs is 1. The Hall–Kier alpha value is -1.03. The summed E-state index contributed by atoms with van der Waals surface area (Å²) in [6, 6.07) is 6.66. The molecule has 1 unspecified atom stereocenters. The molecular formula is C16H19ClN2O. The van der Waals surface area contributed by atoms with Crippen LogP contribution in [0.4, 0.5) is 0 Å². The third-order valence-electron chi connectivity index (χ3n) is 4.70. The van der Waals surface area contributed by atoms with Gasteiger partial charge in [-0.05, 0) is 55.1 Å². The summed E-state index contributed by atoms with van der Waals surface area (Å²) in [5.41, 5.74) is 3.84. The molecule has 106 valence electrons. The first-order valence-electron chi connectivity index (χ1n) is 7.40. The first kappa shape index (κ1) is 12.7. The lowest BCUT2D eigenvalue weighted by atomic mass is 9.88. The van der Waals surface area contributed by atoms with Gasteiger partial charge in [0.1, 0.15) is 5.56 Å². The lowest BCUT2D eigenvalue weighted by molar-refractivity contribution is -0.0234. The zero-order valence-corrected chi connectivity index (χ0v) is 12.1. The van der Waals surface area contributed by atoms with Gasteiger partial charge in [-0.2, -0.15) is 0 Å². The number of rotatable bonds is 2. The molecule has 0 spiro atoms. The summed E-state index contributed by atoms with van der Waals surface area (Å²) >= 11 is 6.12. The highest BCUT2D eigenvalue weighted by molar-refractivity contribution is 6.20. The van der Waals surface area contributed by atoms with Crippen molar-refractivity contribution in [2.45, 2.75) is 30.2 Å². The van der Waals surface area contributed by atoms with Gasteiger partial charge in [-0.3, -0.25) is 0 Å². The molecule has 0 radical (unpaired) electrons. The molecule has 0 aliphatic carbocycles. The maximum Gasteiger partial charge on any atom is 0.140 e. The number of aromatic nitrogens is 1. The van der Waals surface area contributed by atoms with Crippen LogP contribution in [0.1, 0.15) is 35.8 Å². The van der Waals surface area contributed by atoms with Crippen molar-refractivity contribution in [2.24, 2.45) is 0 Å². The third-order valence-corrected chi connectivity index (χ3v) is 5.13. The van der Waals surface area contributed by atoms with Gasteiger partial charge in [0.15, 0.2) is 0 Å². The average molecular weight is 291 g/mol. The van der Waals surface area contributed by atoms with Crippen molar-refractivity contribution in [2.75, 3.05) is 19.7 Å². The predicted molar refractivity (Wildman–Crippen MR) is 81.5 cm³/mol. The molecule has 2 fully saturated rings. The molecule has 0 saturated carbocycles. The number of hydrogen-bond donors (Lipinski definition) is 2. The summed E-state index contributed by atoms with van der Waals surface area (Å²) in [6.07, 6.45) is 4.64. The fourth-order valence-electron chi connectivity index (χ4n) is 3.37. The van der Waals surface area contributed by atoms with E-state index in [2.05, 4.69) is 34.7 Å². The summed E-state index contributed by atoms with van der Waals surface area (Å²) in [4.78, 5) is 3.41. The normalized spacial score (nSPS) is 27.6. The van der Waals surface area contributed by atoms with Crippen LogP contribution in [0.5, 0.6) is 0 Å². The maximum absolute atomic E-state index is 6.12. The first-order valence-corrected chi connectivity index (χ1v) is 7.84. The second-order valence-electron chi connectivity index (χ2n) is 5.86. The molecule has 3 nitrogen and oxygen atoms in total. The van der Waals surface area contributed by atoms with Crippen molar-refractivity contribution in [3.8, 4) is 0 Å². The number of halogens is 1. The smallest absolute Gasteiger partial charge is 0.140 e. The van der Waals surface area contributed by atoms with Gasteiger partial charge in [0.25, 0.3) is 0 Å². The number of nitrogens with one attached hydrogen (secondary N) is 2. The highest BCUT2D eigenvalue weighted by Gasteiger charge is 2.32. The van der Waals surface area contributed by atoms with E-state index < -0.39 is 0 Å². The van der Waals surface area contributed by atoms with Gasteiger partial charge < -0.3 is 15.0 Å². The largest absolute Gasteiger partial charge is 0.361 e. The summed E-state index contributed by atoms with van der Waals surface area (Å²) < 4.78 is 5.29. The zero-order chi connectivity index (χ0) is 13.5. The first-order chi connectivity index (χ1) is 9.83. The Labute approximate surface area is 123 Å². The highest BCUT2D eigenvalue weighted by Crippen LogP contribution is 2.37. The predicted octanol–water partition coefficient (Wildman–Crippen LogP) is 3.31. The van der Waals surface area contributed by atoms with Crippen molar-refractivity contribution in [1.29, 1.82) is 0 Å². The summed E-state index contributed by atoms with van der Waals surface area (Å²) in [5.74, 6) is 1.02. The highest BCUT2D eigenvalue weighted by atomic mass is 35.5. The molecule has 0 amide bonds. The molecular weight excluding hydrogens is 272 g/mol. The lowest BCUT2D eigenvalue weighted by Gasteiger charge is -2.32. The fourth-order valence-corrected chi connectivity index (χ4v) is 3.66. The molecule has 4 rings (SSSR count). The van der Waals surface area contributed by atoms with Gasteiger partial charge in [0.05, 0.1) is 6.61 Å². The maximum atomic E-state index is 6.12. The minimum absolute atomic E-state index is 0.159. The molecule has 1 aromatic heterocycles. The molecule has 2 aromatic rings. The minimum atomic E-state index is -0.159.